The van der Waals surface area contributed by atoms with Crippen molar-refractivity contribution >= 4 is 22.4 Å². The first-order valence-corrected chi connectivity index (χ1v) is 10.9. The van der Waals surface area contributed by atoms with Gasteiger partial charge >= 0.3 is 0 Å². The minimum atomic E-state index is -0.200. The number of rotatable bonds is 5. The highest BCUT2D eigenvalue weighted by Crippen LogP contribution is 2.47. The van der Waals surface area contributed by atoms with Gasteiger partial charge in [-0.2, -0.15) is 0 Å². The molecule has 5 heteroatoms. The number of carbonyl (C=O) groups is 1. The molecule has 4 aromatic rings. The van der Waals surface area contributed by atoms with Gasteiger partial charge in [0.1, 0.15) is 0 Å². The molecule has 5 rings (SSSR count). The second kappa shape index (κ2) is 8.51. The van der Waals surface area contributed by atoms with Crippen molar-refractivity contribution in [2.24, 2.45) is 0 Å². The number of hydrogen-bond donors (Lipinski definition) is 1. The van der Waals surface area contributed by atoms with Crippen molar-refractivity contribution in [1.29, 1.82) is 0 Å². The zero-order chi connectivity index (χ0) is 22.9. The van der Waals surface area contributed by atoms with Gasteiger partial charge in [-0.3, -0.25) is 4.79 Å². The van der Waals surface area contributed by atoms with Crippen molar-refractivity contribution < 1.29 is 19.4 Å². The van der Waals surface area contributed by atoms with Crippen molar-refractivity contribution in [3.05, 3.63) is 95.6 Å². The Hall–Kier alpha value is -3.99. The number of benzene rings is 4. The van der Waals surface area contributed by atoms with E-state index in [0.29, 0.717) is 24.5 Å². The molecule has 0 aliphatic carbocycles. The Morgan fingerprint density at radius 3 is 2.27 bits per heavy atom. The van der Waals surface area contributed by atoms with Crippen molar-refractivity contribution in [2.75, 3.05) is 19.1 Å². The molecule has 33 heavy (non-hydrogen) atoms. The Morgan fingerprint density at radius 1 is 0.909 bits per heavy atom. The zero-order valence-corrected chi connectivity index (χ0v) is 18.6. The predicted octanol–water partition coefficient (Wildman–Crippen LogP) is 5.63. The number of ether oxygens (including phenoxy) is 2. The van der Waals surface area contributed by atoms with Gasteiger partial charge in [0.05, 0.1) is 20.8 Å². The topological polar surface area (TPSA) is 59.0 Å². The summed E-state index contributed by atoms with van der Waals surface area (Å²) < 4.78 is 10.8. The number of aromatic hydroxyl groups is 1. The normalized spacial score (nSPS) is 15.4. The molecule has 0 bridgehead atoms. The average molecular weight is 440 g/mol. The Balaban J connectivity index is 1.71. The molecule has 1 aliphatic rings. The number of carbonyl (C=O) groups excluding carboxylic acids is 1. The highest BCUT2D eigenvalue weighted by atomic mass is 16.5. The second-order valence-corrected chi connectivity index (χ2v) is 8.22. The first kappa shape index (κ1) is 20.9. The third kappa shape index (κ3) is 3.65. The number of anilines is 1. The Labute approximate surface area is 192 Å². The van der Waals surface area contributed by atoms with Crippen LogP contribution in [0, 0.1) is 0 Å². The molecule has 166 valence electrons. The number of phenols is 1. The van der Waals surface area contributed by atoms with Gasteiger partial charge in [-0.1, -0.05) is 60.7 Å². The van der Waals surface area contributed by atoms with Crippen LogP contribution in [-0.2, 0) is 11.3 Å². The van der Waals surface area contributed by atoms with Crippen LogP contribution in [0.15, 0.2) is 78.9 Å². The Kier molecular flexibility index (Phi) is 5.38. The van der Waals surface area contributed by atoms with E-state index in [1.807, 2.05) is 53.4 Å². The van der Waals surface area contributed by atoms with E-state index in [-0.39, 0.29) is 17.6 Å². The fourth-order valence-corrected chi connectivity index (χ4v) is 4.75. The highest BCUT2D eigenvalue weighted by Gasteiger charge is 2.34. The lowest BCUT2D eigenvalue weighted by Gasteiger charge is -2.35. The summed E-state index contributed by atoms with van der Waals surface area (Å²) in [5.74, 6) is 0.456. The van der Waals surface area contributed by atoms with Crippen LogP contribution in [0.4, 0.5) is 5.69 Å². The lowest BCUT2D eigenvalue weighted by atomic mass is 9.81. The fraction of sp³-hybridized carbons (Fsp3) is 0.179. The highest BCUT2D eigenvalue weighted by molar-refractivity contribution is 6.03. The molecule has 5 nitrogen and oxygen atoms in total. The summed E-state index contributed by atoms with van der Waals surface area (Å²) in [6, 6.07) is 26.0. The van der Waals surface area contributed by atoms with Crippen LogP contribution in [0.25, 0.3) is 10.8 Å². The Bertz CT molecular complexity index is 1310. The molecule has 0 aromatic heterocycles. The molecule has 0 fully saturated rings. The van der Waals surface area contributed by atoms with Gasteiger partial charge in [0, 0.05) is 18.0 Å². The summed E-state index contributed by atoms with van der Waals surface area (Å²) in [4.78, 5) is 15.3. The van der Waals surface area contributed by atoms with E-state index in [0.717, 1.165) is 33.2 Å². The van der Waals surface area contributed by atoms with Crippen molar-refractivity contribution in [3.8, 4) is 17.2 Å². The van der Waals surface area contributed by atoms with Gasteiger partial charge in [-0.05, 0) is 45.7 Å². The molecule has 1 unspecified atom stereocenters. The van der Waals surface area contributed by atoms with E-state index < -0.39 is 0 Å². The average Bonchev–Trinajstić information content (AvgIpc) is 2.86. The lowest BCUT2D eigenvalue weighted by molar-refractivity contribution is -0.119. The third-order valence-electron chi connectivity index (χ3n) is 6.35. The van der Waals surface area contributed by atoms with E-state index >= 15 is 0 Å². The molecule has 1 N–H and O–H groups in total. The van der Waals surface area contributed by atoms with Gasteiger partial charge in [0.25, 0.3) is 0 Å². The van der Waals surface area contributed by atoms with E-state index in [1.165, 1.54) is 14.2 Å². The molecular weight excluding hydrogens is 414 g/mol. The second-order valence-electron chi connectivity index (χ2n) is 8.22. The molecule has 0 radical (unpaired) electrons. The van der Waals surface area contributed by atoms with E-state index in [4.69, 9.17) is 9.47 Å². The molecule has 1 atom stereocenters. The number of methoxy groups -OCH3 is 2. The van der Waals surface area contributed by atoms with Crippen LogP contribution in [0.3, 0.4) is 0 Å². The first-order chi connectivity index (χ1) is 16.1. The summed E-state index contributed by atoms with van der Waals surface area (Å²) in [6.07, 6.45) is 0.310. The smallest absolute Gasteiger partial charge is 0.228 e. The minimum absolute atomic E-state index is 0.0465. The molecule has 0 saturated heterocycles. The first-order valence-electron chi connectivity index (χ1n) is 10.9. The van der Waals surface area contributed by atoms with E-state index in [9.17, 15) is 9.90 Å². The molecule has 0 saturated carbocycles. The number of phenolic OH excluding ortho intramolecular Hbond substituents is 1. The molecule has 1 heterocycles. The third-order valence-corrected chi connectivity index (χ3v) is 6.35. The maximum Gasteiger partial charge on any atom is 0.228 e. The standard InChI is InChI=1S/C28H25NO4/c1-32-24-14-20(15-25(33-2)28(24)31)22-16-26(30)29(17-18-8-4-3-5-9-18)23-13-12-19-10-6-7-11-21(19)27(22)23/h3-15,22,31H,16-17H2,1-2H3. The molecule has 0 spiro atoms. The molecular formula is C28H25NO4. The molecule has 1 amide bonds. The minimum Gasteiger partial charge on any atom is -0.502 e. The number of amides is 1. The fourth-order valence-electron chi connectivity index (χ4n) is 4.75. The van der Waals surface area contributed by atoms with E-state index in [2.05, 4.69) is 18.2 Å². The number of nitrogens with zero attached hydrogens (tertiary/aromatic N) is 1. The van der Waals surface area contributed by atoms with Crippen LogP contribution in [-0.4, -0.2) is 25.2 Å². The van der Waals surface area contributed by atoms with Crippen LogP contribution in [0.1, 0.15) is 29.0 Å². The summed E-state index contributed by atoms with van der Waals surface area (Å²) >= 11 is 0. The summed E-state index contributed by atoms with van der Waals surface area (Å²) in [5, 5.41) is 12.6. The van der Waals surface area contributed by atoms with E-state index in [1.54, 1.807) is 12.1 Å². The van der Waals surface area contributed by atoms with Crippen LogP contribution < -0.4 is 14.4 Å². The van der Waals surface area contributed by atoms with Gasteiger partial charge in [0.15, 0.2) is 11.5 Å². The summed E-state index contributed by atoms with van der Waals surface area (Å²) in [7, 11) is 3.02. The zero-order valence-electron chi connectivity index (χ0n) is 18.6. The summed E-state index contributed by atoms with van der Waals surface area (Å²) in [6.45, 7) is 0.514. The lowest BCUT2D eigenvalue weighted by Crippen LogP contribution is -2.36. The Morgan fingerprint density at radius 2 is 1.58 bits per heavy atom. The largest absolute Gasteiger partial charge is 0.502 e. The monoisotopic (exact) mass is 439 g/mol. The van der Waals surface area contributed by atoms with Crippen molar-refractivity contribution in [2.45, 2.75) is 18.9 Å². The number of hydrogen-bond acceptors (Lipinski definition) is 4. The quantitative estimate of drug-likeness (QED) is 0.438. The number of fused-ring (bicyclic) bond motifs is 3. The van der Waals surface area contributed by atoms with Crippen LogP contribution >= 0.6 is 0 Å². The molecule has 1 aliphatic heterocycles. The van der Waals surface area contributed by atoms with Crippen LogP contribution in [0.5, 0.6) is 17.2 Å². The van der Waals surface area contributed by atoms with Crippen LogP contribution in [0.2, 0.25) is 0 Å². The molecule has 4 aromatic carbocycles. The van der Waals surface area contributed by atoms with Gasteiger partial charge in [-0.15, -0.1) is 0 Å². The van der Waals surface area contributed by atoms with Crippen molar-refractivity contribution in [1.82, 2.24) is 0 Å². The predicted molar refractivity (Wildman–Crippen MR) is 129 cm³/mol. The summed E-state index contributed by atoms with van der Waals surface area (Å²) in [5.41, 5.74) is 3.95. The SMILES string of the molecule is COc1cc(C2CC(=O)N(Cc3ccccc3)c3ccc4ccccc4c32)cc(OC)c1O. The van der Waals surface area contributed by atoms with Gasteiger partial charge in [0.2, 0.25) is 11.7 Å². The maximum atomic E-state index is 13.5. The maximum absolute atomic E-state index is 13.5. The van der Waals surface area contributed by atoms with Gasteiger partial charge in [-0.25, -0.2) is 0 Å². The van der Waals surface area contributed by atoms with Crippen molar-refractivity contribution in [3.63, 3.8) is 0 Å². The van der Waals surface area contributed by atoms with Gasteiger partial charge < -0.3 is 19.5 Å².